The highest BCUT2D eigenvalue weighted by molar-refractivity contribution is 6.01. The highest BCUT2D eigenvalue weighted by Gasteiger charge is 2.27. The maximum absolute atomic E-state index is 11.7. The van der Waals surface area contributed by atoms with Gasteiger partial charge in [-0.15, -0.1) is 0 Å². The summed E-state index contributed by atoms with van der Waals surface area (Å²) in [6.07, 6.45) is 0.873. The third-order valence-corrected chi connectivity index (χ3v) is 5.00. The van der Waals surface area contributed by atoms with E-state index in [4.69, 9.17) is 4.99 Å². The number of carbonyl (C=O) groups is 2. The number of urea groups is 1. The van der Waals surface area contributed by atoms with Crippen LogP contribution in [0.15, 0.2) is 65.7 Å². The lowest BCUT2D eigenvalue weighted by atomic mass is 9.89. The van der Waals surface area contributed by atoms with Gasteiger partial charge in [-0.25, -0.2) is 4.79 Å². The number of benzene rings is 2. The largest absolute Gasteiger partial charge is 0.357 e. The van der Waals surface area contributed by atoms with Crippen LogP contribution in [0, 0.1) is 0 Å². The Labute approximate surface area is 177 Å². The van der Waals surface area contributed by atoms with Crippen molar-refractivity contribution in [3.8, 4) is 0 Å². The van der Waals surface area contributed by atoms with Crippen molar-refractivity contribution in [2.75, 3.05) is 32.7 Å². The molecule has 3 rings (SSSR count). The van der Waals surface area contributed by atoms with E-state index in [0.717, 1.165) is 13.0 Å². The summed E-state index contributed by atoms with van der Waals surface area (Å²) < 4.78 is 0. The van der Waals surface area contributed by atoms with Gasteiger partial charge in [0.15, 0.2) is 5.96 Å². The summed E-state index contributed by atoms with van der Waals surface area (Å²) in [4.78, 5) is 29.2. The number of nitrogens with one attached hydrogen (secondary N) is 3. The highest BCUT2D eigenvalue weighted by Crippen LogP contribution is 2.27. The number of imide groups is 1. The molecule has 30 heavy (non-hydrogen) atoms. The first-order valence-corrected chi connectivity index (χ1v) is 10.4. The first-order valence-electron chi connectivity index (χ1n) is 10.4. The van der Waals surface area contributed by atoms with Crippen molar-refractivity contribution >= 4 is 17.9 Å². The van der Waals surface area contributed by atoms with Gasteiger partial charge in [-0.2, -0.15) is 0 Å². The van der Waals surface area contributed by atoms with E-state index in [-0.39, 0.29) is 24.4 Å². The molecule has 0 saturated carbocycles. The quantitative estimate of drug-likeness (QED) is 0.338. The van der Waals surface area contributed by atoms with Gasteiger partial charge in [0.05, 0.1) is 6.54 Å². The lowest BCUT2D eigenvalue weighted by molar-refractivity contribution is -0.124. The SMILES string of the molecule is CCNC(=NCCC(c1ccccc1)c1ccccc1)NCCN1C(=O)CNC1=O. The molecule has 2 aromatic rings. The molecule has 0 atom stereocenters. The van der Waals surface area contributed by atoms with Gasteiger partial charge in [0.2, 0.25) is 5.91 Å². The molecule has 0 aliphatic carbocycles. The number of aliphatic imine (C=N–C) groups is 1. The predicted octanol–water partition coefficient (Wildman–Crippen LogP) is 2.32. The molecule has 1 aliphatic heterocycles. The molecule has 0 bridgehead atoms. The van der Waals surface area contributed by atoms with E-state index in [1.165, 1.54) is 16.0 Å². The molecule has 1 saturated heterocycles. The van der Waals surface area contributed by atoms with E-state index in [1.54, 1.807) is 0 Å². The molecule has 7 nitrogen and oxygen atoms in total. The number of carbonyl (C=O) groups excluding carboxylic acids is 2. The average Bonchev–Trinajstić information content (AvgIpc) is 3.10. The number of rotatable bonds is 9. The molecule has 0 aromatic heterocycles. The van der Waals surface area contributed by atoms with Crippen LogP contribution in [-0.4, -0.2) is 55.5 Å². The summed E-state index contributed by atoms with van der Waals surface area (Å²) in [5.74, 6) is 0.756. The van der Waals surface area contributed by atoms with E-state index < -0.39 is 0 Å². The van der Waals surface area contributed by atoms with Crippen LogP contribution in [0.1, 0.15) is 30.4 Å². The van der Waals surface area contributed by atoms with Crippen molar-refractivity contribution in [2.45, 2.75) is 19.3 Å². The van der Waals surface area contributed by atoms with Crippen LogP contribution in [0.2, 0.25) is 0 Å². The van der Waals surface area contributed by atoms with Gasteiger partial charge >= 0.3 is 6.03 Å². The Hall–Kier alpha value is -3.35. The molecule has 0 unspecified atom stereocenters. The first kappa shape index (κ1) is 21.4. The second-order valence-electron chi connectivity index (χ2n) is 7.05. The molecule has 1 fully saturated rings. The fraction of sp³-hybridized carbons (Fsp3) is 0.348. The molecule has 1 aliphatic rings. The van der Waals surface area contributed by atoms with Gasteiger partial charge in [0.1, 0.15) is 0 Å². The van der Waals surface area contributed by atoms with Crippen molar-refractivity contribution in [3.05, 3.63) is 71.8 Å². The molecular formula is C23H29N5O2. The van der Waals surface area contributed by atoms with Gasteiger partial charge < -0.3 is 16.0 Å². The van der Waals surface area contributed by atoms with Crippen molar-refractivity contribution in [1.82, 2.24) is 20.9 Å². The molecule has 7 heteroatoms. The van der Waals surface area contributed by atoms with Crippen LogP contribution < -0.4 is 16.0 Å². The van der Waals surface area contributed by atoms with Crippen LogP contribution in [0.3, 0.4) is 0 Å². The summed E-state index contributed by atoms with van der Waals surface area (Å²) >= 11 is 0. The Balaban J connectivity index is 1.59. The van der Waals surface area contributed by atoms with Gasteiger partial charge in [-0.05, 0) is 24.5 Å². The minimum absolute atomic E-state index is 0.0767. The molecular weight excluding hydrogens is 378 g/mol. The molecule has 1 heterocycles. The Morgan fingerprint density at radius 2 is 1.67 bits per heavy atom. The van der Waals surface area contributed by atoms with E-state index in [2.05, 4.69) is 64.5 Å². The van der Waals surface area contributed by atoms with Crippen molar-refractivity contribution in [3.63, 3.8) is 0 Å². The van der Waals surface area contributed by atoms with Crippen LogP contribution in [-0.2, 0) is 4.79 Å². The van der Waals surface area contributed by atoms with Crippen molar-refractivity contribution in [2.24, 2.45) is 4.99 Å². The number of guanidine groups is 1. The van der Waals surface area contributed by atoms with Gasteiger partial charge in [-0.3, -0.25) is 14.7 Å². The number of hydrogen-bond donors (Lipinski definition) is 3. The molecule has 0 spiro atoms. The zero-order valence-electron chi connectivity index (χ0n) is 17.3. The molecule has 3 N–H and O–H groups in total. The number of amides is 3. The minimum Gasteiger partial charge on any atom is -0.357 e. The smallest absolute Gasteiger partial charge is 0.324 e. The average molecular weight is 408 g/mol. The Bertz CT molecular complexity index is 799. The lowest BCUT2D eigenvalue weighted by Gasteiger charge is -2.18. The summed E-state index contributed by atoms with van der Waals surface area (Å²) in [6, 6.07) is 20.6. The Kier molecular flexibility index (Phi) is 7.83. The maximum atomic E-state index is 11.7. The summed E-state index contributed by atoms with van der Waals surface area (Å²) in [5, 5.41) is 8.95. The van der Waals surface area contributed by atoms with Crippen molar-refractivity contribution < 1.29 is 9.59 Å². The molecule has 0 radical (unpaired) electrons. The normalized spacial score (nSPS) is 14.2. The van der Waals surface area contributed by atoms with Gasteiger partial charge in [0.25, 0.3) is 0 Å². The summed E-state index contributed by atoms with van der Waals surface area (Å²) in [7, 11) is 0. The van der Waals surface area contributed by atoms with E-state index >= 15 is 0 Å². The van der Waals surface area contributed by atoms with Gasteiger partial charge in [0, 0.05) is 32.1 Å². The zero-order chi connectivity index (χ0) is 21.2. The third-order valence-electron chi connectivity index (χ3n) is 5.00. The topological polar surface area (TPSA) is 85.8 Å². The number of nitrogens with zero attached hydrogens (tertiary/aromatic N) is 2. The Morgan fingerprint density at radius 3 is 2.20 bits per heavy atom. The fourth-order valence-electron chi connectivity index (χ4n) is 3.51. The summed E-state index contributed by atoms with van der Waals surface area (Å²) in [6.45, 7) is 4.22. The Morgan fingerprint density at radius 1 is 1.03 bits per heavy atom. The maximum Gasteiger partial charge on any atom is 0.324 e. The van der Waals surface area contributed by atoms with E-state index in [1.807, 2.05) is 19.1 Å². The highest BCUT2D eigenvalue weighted by atomic mass is 16.2. The lowest BCUT2D eigenvalue weighted by Crippen LogP contribution is -2.43. The van der Waals surface area contributed by atoms with E-state index in [0.29, 0.717) is 25.6 Å². The molecule has 3 amide bonds. The molecule has 2 aromatic carbocycles. The van der Waals surface area contributed by atoms with Crippen molar-refractivity contribution in [1.29, 1.82) is 0 Å². The minimum atomic E-state index is -0.336. The van der Waals surface area contributed by atoms with Crippen LogP contribution in [0.5, 0.6) is 0 Å². The first-order chi connectivity index (χ1) is 14.7. The standard InChI is InChI=1S/C23H29N5O2/c1-2-24-22(26-15-16-28-21(29)17-27-23(28)30)25-14-13-20(18-9-5-3-6-10-18)19-11-7-4-8-12-19/h3-12,20H,2,13-17H2,1H3,(H,27,30)(H2,24,25,26). The van der Waals surface area contributed by atoms with Crippen LogP contribution >= 0.6 is 0 Å². The predicted molar refractivity (Wildman–Crippen MR) is 118 cm³/mol. The van der Waals surface area contributed by atoms with Crippen LogP contribution in [0.25, 0.3) is 0 Å². The number of hydrogen-bond acceptors (Lipinski definition) is 3. The van der Waals surface area contributed by atoms with Gasteiger partial charge in [-0.1, -0.05) is 60.7 Å². The second-order valence-corrected chi connectivity index (χ2v) is 7.05. The molecule has 158 valence electrons. The fourth-order valence-corrected chi connectivity index (χ4v) is 3.51. The van der Waals surface area contributed by atoms with E-state index in [9.17, 15) is 9.59 Å². The zero-order valence-corrected chi connectivity index (χ0v) is 17.3. The summed E-state index contributed by atoms with van der Waals surface area (Å²) in [5.41, 5.74) is 2.55. The van der Waals surface area contributed by atoms with Crippen LogP contribution in [0.4, 0.5) is 4.79 Å². The third kappa shape index (κ3) is 5.83. The monoisotopic (exact) mass is 407 g/mol. The second kappa shape index (κ2) is 11.0.